The highest BCUT2D eigenvalue weighted by Gasteiger charge is 2.26. The van der Waals surface area contributed by atoms with E-state index < -0.39 is 11.9 Å². The lowest BCUT2D eigenvalue weighted by Crippen LogP contribution is -2.09. The van der Waals surface area contributed by atoms with Crippen molar-refractivity contribution in [3.05, 3.63) is 94.1 Å². The summed E-state index contributed by atoms with van der Waals surface area (Å²) in [4.78, 5) is 29.0. The van der Waals surface area contributed by atoms with Gasteiger partial charge >= 0.3 is 11.9 Å². The van der Waals surface area contributed by atoms with E-state index in [9.17, 15) is 9.59 Å². The molecule has 0 aliphatic carbocycles. The van der Waals surface area contributed by atoms with Gasteiger partial charge in [-0.3, -0.25) is 0 Å². The largest absolute Gasteiger partial charge is 0.496 e. The van der Waals surface area contributed by atoms with E-state index in [0.717, 1.165) is 0 Å². The second kappa shape index (κ2) is 9.58. The summed E-state index contributed by atoms with van der Waals surface area (Å²) >= 11 is 6.06. The highest BCUT2D eigenvalue weighted by atomic mass is 35.5. The number of nitrogens with zero attached hydrogens (tertiary/aromatic N) is 1. The molecule has 1 aliphatic rings. The van der Waals surface area contributed by atoms with Crippen LogP contribution in [0, 0.1) is 0 Å². The van der Waals surface area contributed by atoms with Gasteiger partial charge in [-0.2, -0.15) is 0 Å². The van der Waals surface area contributed by atoms with Crippen molar-refractivity contribution in [2.45, 2.75) is 0 Å². The Bertz CT molecular complexity index is 1280. The first-order valence-electron chi connectivity index (χ1n) is 9.80. The van der Waals surface area contributed by atoms with Crippen molar-refractivity contribution in [2.24, 2.45) is 4.99 Å². The number of halogens is 1. The molecule has 0 amide bonds. The molecule has 4 rings (SSSR count). The third-order valence-corrected chi connectivity index (χ3v) is 4.95. The molecule has 0 atom stereocenters. The summed E-state index contributed by atoms with van der Waals surface area (Å²) in [6.45, 7) is 0. The summed E-state index contributed by atoms with van der Waals surface area (Å²) < 4.78 is 21.4. The average Bonchev–Trinajstić information content (AvgIpc) is 3.20. The number of ether oxygens (including phenoxy) is 4. The quantitative estimate of drug-likeness (QED) is 0.293. The van der Waals surface area contributed by atoms with E-state index >= 15 is 0 Å². The smallest absolute Gasteiger partial charge is 0.363 e. The van der Waals surface area contributed by atoms with E-state index in [4.69, 9.17) is 30.5 Å². The lowest BCUT2D eigenvalue weighted by molar-refractivity contribution is -0.129. The van der Waals surface area contributed by atoms with Crippen LogP contribution in [0.25, 0.3) is 6.08 Å². The van der Waals surface area contributed by atoms with Crippen LogP contribution in [0.4, 0.5) is 0 Å². The molecule has 33 heavy (non-hydrogen) atoms. The Morgan fingerprint density at radius 1 is 0.939 bits per heavy atom. The summed E-state index contributed by atoms with van der Waals surface area (Å²) in [7, 11) is 2.96. The average molecular weight is 464 g/mol. The predicted molar refractivity (Wildman–Crippen MR) is 123 cm³/mol. The summed E-state index contributed by atoms with van der Waals surface area (Å²) in [5, 5.41) is 0.451. The fourth-order valence-electron chi connectivity index (χ4n) is 3.12. The molecular formula is C25H18ClNO6. The van der Waals surface area contributed by atoms with E-state index in [1.807, 2.05) is 6.07 Å². The zero-order valence-corrected chi connectivity index (χ0v) is 18.5. The van der Waals surface area contributed by atoms with Gasteiger partial charge in [-0.1, -0.05) is 35.9 Å². The second-order valence-electron chi connectivity index (χ2n) is 6.85. The molecule has 0 unspecified atom stereocenters. The molecule has 1 heterocycles. The van der Waals surface area contributed by atoms with Crippen LogP contribution in [0.2, 0.25) is 5.02 Å². The van der Waals surface area contributed by atoms with Gasteiger partial charge in [0.2, 0.25) is 5.90 Å². The minimum absolute atomic E-state index is 0.0862. The zero-order valence-electron chi connectivity index (χ0n) is 17.7. The van der Waals surface area contributed by atoms with Crippen LogP contribution in [0.3, 0.4) is 0 Å². The molecule has 0 spiro atoms. The van der Waals surface area contributed by atoms with Gasteiger partial charge in [0.15, 0.2) is 17.2 Å². The van der Waals surface area contributed by atoms with Crippen molar-refractivity contribution in [3.8, 4) is 17.2 Å². The number of hydrogen-bond acceptors (Lipinski definition) is 7. The lowest BCUT2D eigenvalue weighted by atomic mass is 10.1. The van der Waals surface area contributed by atoms with E-state index in [0.29, 0.717) is 33.2 Å². The predicted octanol–water partition coefficient (Wildman–Crippen LogP) is 4.92. The number of hydrogen-bond donors (Lipinski definition) is 0. The van der Waals surface area contributed by atoms with Crippen molar-refractivity contribution in [1.29, 1.82) is 0 Å². The summed E-state index contributed by atoms with van der Waals surface area (Å²) in [5.41, 5.74) is 1.56. The normalized spacial score (nSPS) is 14.0. The van der Waals surface area contributed by atoms with Gasteiger partial charge in [0.1, 0.15) is 5.75 Å². The van der Waals surface area contributed by atoms with Crippen LogP contribution in [0.15, 0.2) is 77.4 Å². The summed E-state index contributed by atoms with van der Waals surface area (Å²) in [5.74, 6) is -0.00448. The molecule has 0 fully saturated rings. The van der Waals surface area contributed by atoms with Gasteiger partial charge in [-0.05, 0) is 54.1 Å². The number of benzene rings is 3. The van der Waals surface area contributed by atoms with Gasteiger partial charge in [0.25, 0.3) is 0 Å². The maximum absolute atomic E-state index is 12.4. The van der Waals surface area contributed by atoms with E-state index in [-0.39, 0.29) is 17.3 Å². The molecule has 0 aromatic heterocycles. The molecule has 0 saturated heterocycles. The Hall–Kier alpha value is -4.10. The minimum atomic E-state index is -0.620. The molecule has 8 heteroatoms. The van der Waals surface area contributed by atoms with Crippen molar-refractivity contribution in [2.75, 3.05) is 14.2 Å². The zero-order chi connectivity index (χ0) is 23.4. The maximum Gasteiger partial charge on any atom is 0.363 e. The van der Waals surface area contributed by atoms with Gasteiger partial charge < -0.3 is 18.9 Å². The van der Waals surface area contributed by atoms with Crippen LogP contribution < -0.4 is 14.2 Å². The van der Waals surface area contributed by atoms with Crippen LogP contribution in [0.1, 0.15) is 21.5 Å². The van der Waals surface area contributed by atoms with Gasteiger partial charge in [0, 0.05) is 5.02 Å². The molecular weight excluding hydrogens is 446 g/mol. The molecule has 1 aliphatic heterocycles. The number of esters is 2. The fraction of sp³-hybridized carbons (Fsp3) is 0.0800. The highest BCUT2D eigenvalue weighted by Crippen LogP contribution is 2.31. The van der Waals surface area contributed by atoms with Crippen LogP contribution in [-0.4, -0.2) is 32.1 Å². The molecule has 0 saturated carbocycles. The van der Waals surface area contributed by atoms with Gasteiger partial charge in [-0.15, -0.1) is 0 Å². The summed E-state index contributed by atoms with van der Waals surface area (Å²) in [6, 6.07) is 18.4. The Morgan fingerprint density at radius 3 is 2.39 bits per heavy atom. The molecule has 0 N–H and O–H groups in total. The number of methoxy groups -OCH3 is 2. The number of aliphatic imine (C=N–C) groups is 1. The standard InChI is InChI=1S/C25H18ClNO6/c1-30-20-11-9-17(26)14-18(20)23-27-19(25(29)33-23)12-15-8-10-21(22(13-15)31-2)32-24(28)16-6-4-3-5-7-16/h3-14H,1-2H3. The Morgan fingerprint density at radius 2 is 1.67 bits per heavy atom. The van der Waals surface area contributed by atoms with Crippen molar-refractivity contribution < 1.29 is 28.5 Å². The number of rotatable bonds is 6. The van der Waals surface area contributed by atoms with Crippen molar-refractivity contribution in [3.63, 3.8) is 0 Å². The van der Waals surface area contributed by atoms with E-state index in [2.05, 4.69) is 4.99 Å². The van der Waals surface area contributed by atoms with E-state index in [1.54, 1.807) is 60.7 Å². The Balaban J connectivity index is 1.61. The lowest BCUT2D eigenvalue weighted by Gasteiger charge is -2.10. The molecule has 166 valence electrons. The monoisotopic (exact) mass is 463 g/mol. The number of carbonyl (C=O) groups is 2. The maximum atomic E-state index is 12.4. The van der Waals surface area contributed by atoms with Gasteiger partial charge in [-0.25, -0.2) is 14.6 Å². The number of carbonyl (C=O) groups excluding carboxylic acids is 2. The van der Waals surface area contributed by atoms with Crippen LogP contribution in [0.5, 0.6) is 17.2 Å². The SMILES string of the molecule is COc1cc(C=C2N=C(c3cc(Cl)ccc3OC)OC2=O)ccc1OC(=O)c1ccccc1. The summed E-state index contributed by atoms with van der Waals surface area (Å²) in [6.07, 6.45) is 1.54. The second-order valence-corrected chi connectivity index (χ2v) is 7.28. The first kappa shape index (κ1) is 22.1. The molecule has 3 aromatic carbocycles. The molecule has 0 bridgehead atoms. The Kier molecular flexibility index (Phi) is 6.42. The minimum Gasteiger partial charge on any atom is -0.496 e. The topological polar surface area (TPSA) is 83.4 Å². The van der Waals surface area contributed by atoms with Crippen molar-refractivity contribution in [1.82, 2.24) is 0 Å². The third kappa shape index (κ3) is 4.88. The first-order chi connectivity index (χ1) is 16.0. The van der Waals surface area contributed by atoms with Crippen LogP contribution in [-0.2, 0) is 9.53 Å². The molecule has 7 nitrogen and oxygen atoms in total. The number of cyclic esters (lactones) is 1. The molecule has 3 aromatic rings. The van der Waals surface area contributed by atoms with E-state index in [1.165, 1.54) is 20.3 Å². The van der Waals surface area contributed by atoms with Gasteiger partial charge in [0.05, 0.1) is 25.3 Å². The molecule has 0 radical (unpaired) electrons. The third-order valence-electron chi connectivity index (χ3n) is 4.72. The van der Waals surface area contributed by atoms with Crippen LogP contribution >= 0.6 is 11.6 Å². The first-order valence-corrected chi connectivity index (χ1v) is 10.2. The fourth-order valence-corrected chi connectivity index (χ4v) is 3.29. The van der Waals surface area contributed by atoms with Crippen molar-refractivity contribution >= 4 is 35.5 Å². The Labute approximate surface area is 194 Å². The highest BCUT2D eigenvalue weighted by molar-refractivity contribution is 6.31.